The highest BCUT2D eigenvalue weighted by molar-refractivity contribution is 6.01. The lowest BCUT2D eigenvalue weighted by atomic mass is 9.65. The minimum Gasteiger partial charge on any atom is -0.469 e. The van der Waals surface area contributed by atoms with E-state index < -0.39 is 17.4 Å². The van der Waals surface area contributed by atoms with Gasteiger partial charge in [-0.05, 0) is 51.4 Å². The van der Waals surface area contributed by atoms with Gasteiger partial charge in [0.2, 0.25) is 0 Å². The van der Waals surface area contributed by atoms with Crippen LogP contribution in [-0.2, 0) is 28.6 Å². The fourth-order valence-corrected chi connectivity index (χ4v) is 4.41. The molecular weight excluding hydrogens is 300 g/mol. The molecule has 0 radical (unpaired) electrons. The van der Waals surface area contributed by atoms with Crippen molar-refractivity contribution >= 4 is 17.9 Å². The van der Waals surface area contributed by atoms with Crippen molar-refractivity contribution in [2.75, 3.05) is 20.3 Å². The molecule has 0 bridgehead atoms. The van der Waals surface area contributed by atoms with Gasteiger partial charge in [-0.25, -0.2) is 0 Å². The predicted octanol–water partition coefficient (Wildman–Crippen LogP) is 2.10. The summed E-state index contributed by atoms with van der Waals surface area (Å²) in [6.07, 6.45) is 3.29. The van der Waals surface area contributed by atoms with Gasteiger partial charge >= 0.3 is 17.9 Å². The number of hydrogen-bond donors (Lipinski definition) is 0. The summed E-state index contributed by atoms with van der Waals surface area (Å²) in [5, 5.41) is 0. The summed E-state index contributed by atoms with van der Waals surface area (Å²) in [6.45, 7) is 3.89. The van der Waals surface area contributed by atoms with Crippen LogP contribution in [0.15, 0.2) is 0 Å². The van der Waals surface area contributed by atoms with Crippen LogP contribution in [0.1, 0.15) is 46.0 Å². The molecule has 3 atom stereocenters. The van der Waals surface area contributed by atoms with E-state index in [2.05, 4.69) is 0 Å². The number of fused-ring (bicyclic) bond motifs is 1. The monoisotopic (exact) mass is 326 g/mol. The van der Waals surface area contributed by atoms with Crippen LogP contribution in [0.4, 0.5) is 0 Å². The Morgan fingerprint density at radius 3 is 2.13 bits per heavy atom. The molecule has 2 fully saturated rings. The maximum Gasteiger partial charge on any atom is 0.323 e. The topological polar surface area (TPSA) is 78.9 Å². The minimum absolute atomic E-state index is 0.0231. The zero-order valence-electron chi connectivity index (χ0n) is 14.1. The molecule has 1 unspecified atom stereocenters. The highest BCUT2D eigenvalue weighted by Crippen LogP contribution is 2.56. The van der Waals surface area contributed by atoms with E-state index in [-0.39, 0.29) is 36.9 Å². The maximum absolute atomic E-state index is 12.6. The number of rotatable bonds is 5. The lowest BCUT2D eigenvalue weighted by Gasteiger charge is -2.38. The van der Waals surface area contributed by atoms with Crippen LogP contribution in [0.25, 0.3) is 0 Å². The SMILES string of the molecule is CCOC(=O)C1(C(=O)OCC)CC[C@H]2C(C(=O)OC)CCC[C@@H]21. The number of hydrogen-bond acceptors (Lipinski definition) is 6. The van der Waals surface area contributed by atoms with E-state index in [0.29, 0.717) is 12.8 Å². The molecule has 0 N–H and O–H groups in total. The third-order valence-electron chi connectivity index (χ3n) is 5.35. The largest absolute Gasteiger partial charge is 0.469 e. The molecule has 23 heavy (non-hydrogen) atoms. The van der Waals surface area contributed by atoms with Crippen LogP contribution in [0, 0.1) is 23.2 Å². The number of methoxy groups -OCH3 is 1. The average Bonchev–Trinajstić information content (AvgIpc) is 2.95. The highest BCUT2D eigenvalue weighted by Gasteiger charge is 2.63. The third kappa shape index (κ3) is 2.95. The van der Waals surface area contributed by atoms with E-state index in [9.17, 15) is 14.4 Å². The van der Waals surface area contributed by atoms with Crippen LogP contribution < -0.4 is 0 Å². The second-order valence-corrected chi connectivity index (χ2v) is 6.28. The molecule has 0 saturated heterocycles. The Kier molecular flexibility index (Phi) is 5.65. The summed E-state index contributed by atoms with van der Waals surface area (Å²) in [6, 6.07) is 0. The summed E-state index contributed by atoms with van der Waals surface area (Å²) in [5.74, 6) is -1.73. The van der Waals surface area contributed by atoms with E-state index in [1.807, 2.05) is 0 Å². The zero-order valence-corrected chi connectivity index (χ0v) is 14.1. The van der Waals surface area contributed by atoms with Gasteiger partial charge in [-0.1, -0.05) is 6.42 Å². The molecule has 0 aromatic rings. The molecule has 0 amide bonds. The Morgan fingerprint density at radius 1 is 1.00 bits per heavy atom. The number of esters is 3. The number of carbonyl (C=O) groups excluding carboxylic acids is 3. The third-order valence-corrected chi connectivity index (χ3v) is 5.35. The van der Waals surface area contributed by atoms with Crippen LogP contribution in [0.2, 0.25) is 0 Å². The molecule has 130 valence electrons. The molecule has 0 aromatic carbocycles. The first-order chi connectivity index (χ1) is 11.0. The van der Waals surface area contributed by atoms with Gasteiger partial charge in [0.15, 0.2) is 5.41 Å². The summed E-state index contributed by atoms with van der Waals surface area (Å²) >= 11 is 0. The van der Waals surface area contributed by atoms with Crippen LogP contribution in [-0.4, -0.2) is 38.2 Å². The molecule has 0 heterocycles. The average molecular weight is 326 g/mol. The van der Waals surface area contributed by atoms with E-state index in [4.69, 9.17) is 14.2 Å². The minimum atomic E-state index is -1.26. The molecule has 0 aromatic heterocycles. The van der Waals surface area contributed by atoms with Crippen molar-refractivity contribution in [3.8, 4) is 0 Å². The van der Waals surface area contributed by atoms with Crippen molar-refractivity contribution in [2.45, 2.75) is 46.0 Å². The first-order valence-electron chi connectivity index (χ1n) is 8.45. The van der Waals surface area contributed by atoms with Gasteiger partial charge < -0.3 is 14.2 Å². The Hall–Kier alpha value is -1.59. The second-order valence-electron chi connectivity index (χ2n) is 6.28. The van der Waals surface area contributed by atoms with Crippen molar-refractivity contribution in [1.82, 2.24) is 0 Å². The number of carbonyl (C=O) groups is 3. The molecule has 0 aliphatic heterocycles. The number of ether oxygens (including phenoxy) is 3. The fourth-order valence-electron chi connectivity index (χ4n) is 4.41. The Labute approximate surface area is 136 Å². The standard InChI is InChI=1S/C17H26O6/c1-4-22-15(19)17(16(20)23-5-2)10-9-11-12(14(18)21-3)7-6-8-13(11)17/h11-13H,4-10H2,1-3H3/t11-,12?,13-/m0/s1. The van der Waals surface area contributed by atoms with Crippen molar-refractivity contribution in [1.29, 1.82) is 0 Å². The van der Waals surface area contributed by atoms with E-state index >= 15 is 0 Å². The van der Waals surface area contributed by atoms with Crippen molar-refractivity contribution < 1.29 is 28.6 Å². The summed E-state index contributed by atoms with van der Waals surface area (Å²) in [5.41, 5.74) is -1.26. The van der Waals surface area contributed by atoms with Crippen molar-refractivity contribution in [3.05, 3.63) is 0 Å². The Bertz CT molecular complexity index is 454. The quantitative estimate of drug-likeness (QED) is 0.437. The van der Waals surface area contributed by atoms with Crippen LogP contribution in [0.5, 0.6) is 0 Å². The Morgan fingerprint density at radius 2 is 1.61 bits per heavy atom. The molecule has 6 heteroatoms. The van der Waals surface area contributed by atoms with Gasteiger partial charge in [0, 0.05) is 0 Å². The molecule has 6 nitrogen and oxygen atoms in total. The predicted molar refractivity (Wildman–Crippen MR) is 81.3 cm³/mol. The zero-order chi connectivity index (χ0) is 17.0. The first kappa shape index (κ1) is 17.8. The van der Waals surface area contributed by atoms with Gasteiger partial charge in [0.25, 0.3) is 0 Å². The molecule has 2 rings (SSSR count). The Balaban J connectivity index is 2.35. The van der Waals surface area contributed by atoms with Gasteiger partial charge in [0.05, 0.1) is 26.2 Å². The molecular formula is C17H26O6. The smallest absolute Gasteiger partial charge is 0.323 e. The van der Waals surface area contributed by atoms with Crippen molar-refractivity contribution in [2.24, 2.45) is 23.2 Å². The molecule has 0 spiro atoms. The van der Waals surface area contributed by atoms with E-state index in [1.165, 1.54) is 7.11 Å². The summed E-state index contributed by atoms with van der Waals surface area (Å²) in [4.78, 5) is 37.3. The highest BCUT2D eigenvalue weighted by atomic mass is 16.6. The van der Waals surface area contributed by atoms with Gasteiger partial charge in [0.1, 0.15) is 0 Å². The summed E-state index contributed by atoms with van der Waals surface area (Å²) < 4.78 is 15.3. The first-order valence-corrected chi connectivity index (χ1v) is 8.45. The normalized spacial score (nSPS) is 28.6. The van der Waals surface area contributed by atoms with Crippen LogP contribution in [0.3, 0.4) is 0 Å². The van der Waals surface area contributed by atoms with Crippen molar-refractivity contribution in [3.63, 3.8) is 0 Å². The lowest BCUT2D eigenvalue weighted by molar-refractivity contribution is -0.178. The van der Waals surface area contributed by atoms with Gasteiger partial charge in [-0.2, -0.15) is 0 Å². The lowest BCUT2D eigenvalue weighted by Crippen LogP contribution is -2.48. The van der Waals surface area contributed by atoms with Gasteiger partial charge in [-0.15, -0.1) is 0 Å². The molecule has 2 saturated carbocycles. The van der Waals surface area contributed by atoms with Gasteiger partial charge in [-0.3, -0.25) is 14.4 Å². The molecule has 2 aliphatic rings. The van der Waals surface area contributed by atoms with E-state index in [0.717, 1.165) is 19.3 Å². The summed E-state index contributed by atoms with van der Waals surface area (Å²) in [7, 11) is 1.38. The molecule has 2 aliphatic carbocycles. The fraction of sp³-hybridized carbons (Fsp3) is 0.824. The van der Waals surface area contributed by atoms with Crippen LogP contribution >= 0.6 is 0 Å². The van der Waals surface area contributed by atoms with E-state index in [1.54, 1.807) is 13.8 Å². The second kappa shape index (κ2) is 7.32. The maximum atomic E-state index is 12.6.